The van der Waals surface area contributed by atoms with E-state index in [-0.39, 0.29) is 64.8 Å². The number of fused-ring (bicyclic) bond motifs is 4. The maximum absolute atomic E-state index is 14.0. The van der Waals surface area contributed by atoms with E-state index in [0.717, 1.165) is 0 Å². The third-order valence-electron chi connectivity index (χ3n) is 11.7. The highest BCUT2D eigenvalue weighted by atomic mass is 28.3. The molecule has 258 valence electrons. The van der Waals surface area contributed by atoms with Crippen molar-refractivity contribution in [3.05, 3.63) is 101 Å². The molecule has 0 saturated heterocycles. The Morgan fingerprint density at radius 2 is 0.600 bits per heavy atom. The van der Waals surface area contributed by atoms with Crippen molar-refractivity contribution >= 4 is 59.2 Å². The summed E-state index contributed by atoms with van der Waals surface area (Å²) in [5, 5.41) is 1.71. The van der Waals surface area contributed by atoms with E-state index in [1.807, 2.05) is 12.1 Å². The summed E-state index contributed by atoms with van der Waals surface area (Å²) in [7, 11) is -4.03. The molecule has 0 aliphatic carbocycles. The minimum absolute atomic E-state index is 0.142. The first-order valence-corrected chi connectivity index (χ1v) is 22.6. The van der Waals surface area contributed by atoms with E-state index in [9.17, 15) is 19.2 Å². The SMILES string of the molecule is CC(C)[Si](C#Cc1ccc2c(=O)c3cc4c(=O)c5ccc(C#C[Si](C(C)C)(C(C)C)C(C)C)cc5c(=O)c4cc3c(=O)c2c1)(C(C)C)C(C)C. The predicted octanol–water partition coefficient (Wildman–Crippen LogP) is 9.75. The lowest BCUT2D eigenvalue weighted by atomic mass is 9.95. The fourth-order valence-electron chi connectivity index (χ4n) is 9.17. The summed E-state index contributed by atoms with van der Waals surface area (Å²) < 4.78 is 0. The fraction of sp³-hybridized carbons (Fsp3) is 0.409. The van der Waals surface area contributed by atoms with Crippen LogP contribution in [0.4, 0.5) is 0 Å². The third kappa shape index (κ3) is 5.81. The van der Waals surface area contributed by atoms with Crippen molar-refractivity contribution in [1.82, 2.24) is 0 Å². The summed E-state index contributed by atoms with van der Waals surface area (Å²) >= 11 is 0. The first-order chi connectivity index (χ1) is 23.4. The lowest BCUT2D eigenvalue weighted by molar-refractivity contribution is 0.838. The van der Waals surface area contributed by atoms with Crippen LogP contribution in [0, 0.1) is 22.9 Å². The highest BCUT2D eigenvalue weighted by molar-refractivity contribution is 6.91. The number of hydrogen-bond donors (Lipinski definition) is 0. The molecule has 50 heavy (non-hydrogen) atoms. The Balaban J connectivity index is 1.74. The summed E-state index contributed by atoms with van der Waals surface area (Å²) in [6, 6.07) is 13.3. The molecule has 0 N–H and O–H groups in total. The minimum atomic E-state index is -2.02. The Hall–Kier alpha value is -4.11. The summed E-state index contributed by atoms with van der Waals surface area (Å²) in [6.45, 7) is 27.1. The highest BCUT2D eigenvalue weighted by Crippen LogP contribution is 2.42. The average Bonchev–Trinajstić information content (AvgIpc) is 3.05. The molecule has 0 aliphatic heterocycles. The molecule has 0 saturated carbocycles. The zero-order valence-corrected chi connectivity index (χ0v) is 33.7. The molecule has 0 spiro atoms. The molecule has 0 aromatic heterocycles. The molecule has 0 atom stereocenters. The Morgan fingerprint density at radius 1 is 0.360 bits per heavy atom. The quantitative estimate of drug-likeness (QED) is 0.101. The molecule has 0 bridgehead atoms. The standard InChI is InChI=1S/C44H50O4Si2/c1-25(2)49(26(3)4,27(5)6)19-17-31-13-15-33-35(21-31)43(47)39-24-40-38(23-37(39)41(33)45)42(46)34-16-14-32(22-36(34)44(40)48)18-20-50(28(7)8,29(9)10)30(11)12/h13-16,21-30H,1-12H3. The molecule has 5 aromatic carbocycles. The summed E-state index contributed by atoms with van der Waals surface area (Å²) in [6.07, 6.45) is 0. The first-order valence-electron chi connectivity index (χ1n) is 18.1. The van der Waals surface area contributed by atoms with Gasteiger partial charge in [-0.15, -0.1) is 11.1 Å². The van der Waals surface area contributed by atoms with Crippen LogP contribution in [0.1, 0.15) is 94.2 Å². The monoisotopic (exact) mass is 698 g/mol. The van der Waals surface area contributed by atoms with Gasteiger partial charge in [0.1, 0.15) is 16.1 Å². The van der Waals surface area contributed by atoms with E-state index in [4.69, 9.17) is 0 Å². The van der Waals surface area contributed by atoms with Gasteiger partial charge in [-0.25, -0.2) is 0 Å². The van der Waals surface area contributed by atoms with Crippen molar-refractivity contribution in [2.45, 2.75) is 116 Å². The van der Waals surface area contributed by atoms with Crippen molar-refractivity contribution < 1.29 is 0 Å². The van der Waals surface area contributed by atoms with Gasteiger partial charge in [0.25, 0.3) is 0 Å². The lowest BCUT2D eigenvalue weighted by Crippen LogP contribution is -2.43. The van der Waals surface area contributed by atoms with Crippen LogP contribution in [0.3, 0.4) is 0 Å². The van der Waals surface area contributed by atoms with Crippen molar-refractivity contribution in [2.24, 2.45) is 0 Å². The average molecular weight is 699 g/mol. The van der Waals surface area contributed by atoms with Crippen LogP contribution >= 0.6 is 0 Å². The van der Waals surface area contributed by atoms with Gasteiger partial charge in [0.2, 0.25) is 0 Å². The molecule has 0 heterocycles. The van der Waals surface area contributed by atoms with Gasteiger partial charge < -0.3 is 0 Å². The molecule has 0 aliphatic rings. The zero-order chi connectivity index (χ0) is 37.0. The maximum atomic E-state index is 14.0. The normalized spacial score (nSPS) is 12.7. The van der Waals surface area contributed by atoms with E-state index in [1.54, 1.807) is 24.3 Å². The Labute approximate surface area is 298 Å². The minimum Gasteiger partial charge on any atom is -0.289 e. The molecule has 0 amide bonds. The number of hydrogen-bond acceptors (Lipinski definition) is 4. The molecule has 6 heteroatoms. The van der Waals surface area contributed by atoms with Gasteiger partial charge in [0.15, 0.2) is 21.7 Å². The lowest BCUT2D eigenvalue weighted by Gasteiger charge is -2.38. The van der Waals surface area contributed by atoms with Gasteiger partial charge in [0, 0.05) is 54.2 Å². The van der Waals surface area contributed by atoms with Crippen molar-refractivity contribution in [3.8, 4) is 22.9 Å². The van der Waals surface area contributed by atoms with E-state index < -0.39 is 16.1 Å². The molecular weight excluding hydrogens is 649 g/mol. The van der Waals surface area contributed by atoms with Gasteiger partial charge in [-0.1, -0.05) is 94.9 Å². The molecule has 0 radical (unpaired) electrons. The van der Waals surface area contributed by atoms with Gasteiger partial charge in [-0.2, -0.15) is 0 Å². The molecule has 0 fully saturated rings. The van der Waals surface area contributed by atoms with Gasteiger partial charge in [0.05, 0.1) is 0 Å². The Morgan fingerprint density at radius 3 is 0.860 bits per heavy atom. The topological polar surface area (TPSA) is 68.3 Å². The van der Waals surface area contributed by atoms with E-state index in [0.29, 0.717) is 44.4 Å². The second-order valence-corrected chi connectivity index (χ2v) is 27.2. The van der Waals surface area contributed by atoms with Gasteiger partial charge in [-0.3, -0.25) is 19.2 Å². The van der Waals surface area contributed by atoms with Gasteiger partial charge in [-0.05, 0) is 81.8 Å². The van der Waals surface area contributed by atoms with Crippen LogP contribution in [0.15, 0.2) is 67.7 Å². The molecule has 0 unspecified atom stereocenters. The molecule has 5 aromatic rings. The van der Waals surface area contributed by atoms with Crippen LogP contribution in [0.5, 0.6) is 0 Å². The highest BCUT2D eigenvalue weighted by Gasteiger charge is 2.42. The second kappa shape index (κ2) is 13.6. The Kier molecular flexibility index (Phi) is 10.1. The van der Waals surface area contributed by atoms with Crippen LogP contribution in [0.2, 0.25) is 33.2 Å². The summed E-state index contributed by atoms with van der Waals surface area (Å²) in [5.74, 6) is 6.79. The number of benzene rings is 5. The molecule has 5 rings (SSSR count). The smallest absolute Gasteiger partial charge is 0.194 e. The summed E-state index contributed by atoms with van der Waals surface area (Å²) in [4.78, 5) is 55.7. The third-order valence-corrected chi connectivity index (χ3v) is 24.3. The summed E-state index contributed by atoms with van der Waals surface area (Å²) in [5.41, 5.74) is 10.2. The van der Waals surface area contributed by atoms with Crippen molar-refractivity contribution in [3.63, 3.8) is 0 Å². The fourth-order valence-corrected chi connectivity index (χ4v) is 19.6. The van der Waals surface area contributed by atoms with Crippen molar-refractivity contribution in [2.75, 3.05) is 0 Å². The Bertz CT molecular complexity index is 2290. The number of rotatable bonds is 6. The van der Waals surface area contributed by atoms with E-state index in [1.165, 1.54) is 12.1 Å². The predicted molar refractivity (Wildman–Crippen MR) is 220 cm³/mol. The zero-order valence-electron chi connectivity index (χ0n) is 31.7. The van der Waals surface area contributed by atoms with Gasteiger partial charge >= 0.3 is 0 Å². The van der Waals surface area contributed by atoms with Crippen LogP contribution < -0.4 is 21.7 Å². The van der Waals surface area contributed by atoms with Crippen molar-refractivity contribution in [1.29, 1.82) is 0 Å². The van der Waals surface area contributed by atoms with Crippen LogP contribution in [0.25, 0.3) is 43.1 Å². The molecular formula is C44H50O4Si2. The van der Waals surface area contributed by atoms with Crippen LogP contribution in [-0.4, -0.2) is 16.1 Å². The largest absolute Gasteiger partial charge is 0.289 e. The molecule has 4 nitrogen and oxygen atoms in total. The second-order valence-electron chi connectivity index (χ2n) is 16.1. The van der Waals surface area contributed by atoms with E-state index >= 15 is 0 Å². The van der Waals surface area contributed by atoms with E-state index in [2.05, 4.69) is 106 Å². The first kappa shape index (κ1) is 37.2. The maximum Gasteiger partial charge on any atom is 0.194 e. The van der Waals surface area contributed by atoms with Crippen LogP contribution in [-0.2, 0) is 0 Å².